The van der Waals surface area contributed by atoms with Gasteiger partial charge in [-0.25, -0.2) is 0 Å². The maximum atomic E-state index is 14.4. The van der Waals surface area contributed by atoms with E-state index < -0.39 is 23.4 Å². The van der Waals surface area contributed by atoms with Crippen LogP contribution in [0.4, 0.5) is 13.2 Å². The topological polar surface area (TPSA) is 8.81 Å². The number of aryl methyl sites for hydroxylation is 3. The summed E-state index contributed by atoms with van der Waals surface area (Å²) in [6, 6.07) is 22.3. The molecule has 0 saturated heterocycles. The molecule has 1 aromatic heterocycles. The van der Waals surface area contributed by atoms with E-state index in [0.29, 0.717) is 5.69 Å². The van der Waals surface area contributed by atoms with Gasteiger partial charge in [0.05, 0.1) is 12.0 Å². The Kier molecular flexibility index (Phi) is 5.70. The monoisotopic (exact) mass is 503 g/mol. The van der Waals surface area contributed by atoms with Crippen LogP contribution < -0.4 is 4.68 Å². The van der Waals surface area contributed by atoms with E-state index in [1.54, 1.807) is 6.92 Å². The molecule has 2 nitrogen and oxygen atoms in total. The van der Waals surface area contributed by atoms with Gasteiger partial charge >= 0.3 is 6.18 Å². The second kappa shape index (κ2) is 8.34. The fraction of sp³-hybridized carbons (Fsp3) is 0.344. The van der Waals surface area contributed by atoms with Gasteiger partial charge < -0.3 is 0 Å². The van der Waals surface area contributed by atoms with Crippen molar-refractivity contribution < 1.29 is 17.9 Å². The number of alkyl halides is 3. The smallest absolute Gasteiger partial charge is 0.171 e. The van der Waals surface area contributed by atoms with Crippen molar-refractivity contribution in [2.24, 2.45) is 7.05 Å². The van der Waals surface area contributed by atoms with Crippen molar-refractivity contribution in [2.75, 3.05) is 0 Å². The summed E-state index contributed by atoms with van der Waals surface area (Å²) in [6.45, 7) is 11.9. The molecular weight excluding hydrogens is 469 g/mol. The molecule has 0 spiro atoms. The molecule has 4 aromatic rings. The zero-order chi connectivity index (χ0) is 26.9. The first-order valence-electron chi connectivity index (χ1n) is 12.7. The average Bonchev–Trinajstić information content (AvgIpc) is 3.10. The Balaban J connectivity index is 2.03. The van der Waals surface area contributed by atoms with Gasteiger partial charge in [-0.15, -0.1) is 9.36 Å². The largest absolute Gasteiger partial charge is 0.390 e. The molecule has 0 fully saturated rings. The van der Waals surface area contributed by atoms with Crippen LogP contribution >= 0.6 is 0 Å². The van der Waals surface area contributed by atoms with Crippen molar-refractivity contribution >= 4 is 0 Å². The Morgan fingerprint density at radius 1 is 0.811 bits per heavy atom. The molecule has 1 aliphatic heterocycles. The van der Waals surface area contributed by atoms with Crippen molar-refractivity contribution in [3.8, 4) is 28.1 Å². The Hall–Kier alpha value is -3.34. The van der Waals surface area contributed by atoms with Gasteiger partial charge in [0.15, 0.2) is 7.05 Å². The molecule has 5 heteroatoms. The van der Waals surface area contributed by atoms with Gasteiger partial charge in [-0.1, -0.05) is 86.5 Å². The van der Waals surface area contributed by atoms with Gasteiger partial charge in [0.1, 0.15) is 11.4 Å². The molecule has 0 N–H and O–H groups in total. The second-order valence-electron chi connectivity index (χ2n) is 11.4. The molecule has 0 saturated carbocycles. The van der Waals surface area contributed by atoms with E-state index in [0.717, 1.165) is 50.3 Å². The average molecular weight is 504 g/mol. The molecule has 0 aliphatic carbocycles. The minimum atomic E-state index is -4.34. The lowest BCUT2D eigenvalue weighted by molar-refractivity contribution is -0.735. The van der Waals surface area contributed by atoms with Crippen LogP contribution in [0.5, 0.6) is 0 Å². The molecule has 1 aliphatic rings. The highest BCUT2D eigenvalue weighted by Gasteiger charge is 2.59. The molecule has 1 unspecified atom stereocenters. The quantitative estimate of drug-likeness (QED) is 0.250. The third-order valence-corrected chi connectivity index (χ3v) is 8.45. The minimum Gasteiger partial charge on any atom is -0.171 e. The van der Waals surface area contributed by atoms with E-state index in [1.165, 1.54) is 0 Å². The standard InChI is InChI=1S/C32H34F3N2/c1-20-16-21(2)18-24(17-20)28-26(23-13-9-8-10-14-23)29-31(6,19-32(33,34)35)30(4,5)25-15-11-12-22(3)27(25)37(29)36(28)7/h8-18H,19H2,1-7H3/q+1. The Labute approximate surface area is 217 Å². The summed E-state index contributed by atoms with van der Waals surface area (Å²) in [4.78, 5) is 0. The van der Waals surface area contributed by atoms with Crippen LogP contribution in [0.25, 0.3) is 28.1 Å². The summed E-state index contributed by atoms with van der Waals surface area (Å²) in [5, 5.41) is 0. The van der Waals surface area contributed by atoms with Gasteiger partial charge in [-0.2, -0.15) is 13.2 Å². The van der Waals surface area contributed by atoms with Crippen molar-refractivity contribution in [3.05, 3.63) is 94.7 Å². The van der Waals surface area contributed by atoms with E-state index in [9.17, 15) is 13.2 Å². The third-order valence-electron chi connectivity index (χ3n) is 8.45. The second-order valence-corrected chi connectivity index (χ2v) is 11.4. The van der Waals surface area contributed by atoms with Gasteiger partial charge in [-0.05, 0) is 49.6 Å². The number of para-hydroxylation sites is 1. The van der Waals surface area contributed by atoms with Crippen LogP contribution in [0, 0.1) is 20.8 Å². The Morgan fingerprint density at radius 3 is 2.03 bits per heavy atom. The van der Waals surface area contributed by atoms with E-state index in [2.05, 4.69) is 41.4 Å². The summed E-state index contributed by atoms with van der Waals surface area (Å²) < 4.78 is 47.4. The lowest BCUT2D eigenvalue weighted by Crippen LogP contribution is -2.54. The highest BCUT2D eigenvalue weighted by molar-refractivity contribution is 5.84. The van der Waals surface area contributed by atoms with E-state index in [1.807, 2.05) is 76.3 Å². The highest BCUT2D eigenvalue weighted by Crippen LogP contribution is 2.57. The molecule has 0 bridgehead atoms. The van der Waals surface area contributed by atoms with Crippen LogP contribution in [0.3, 0.4) is 0 Å². The van der Waals surface area contributed by atoms with Crippen LogP contribution in [-0.4, -0.2) is 10.9 Å². The fourth-order valence-corrected chi connectivity index (χ4v) is 6.47. The fourth-order valence-electron chi connectivity index (χ4n) is 6.47. The van der Waals surface area contributed by atoms with Gasteiger partial charge in [0.25, 0.3) is 0 Å². The molecule has 5 rings (SSSR count). The molecule has 192 valence electrons. The van der Waals surface area contributed by atoms with Crippen LogP contribution in [-0.2, 0) is 17.9 Å². The van der Waals surface area contributed by atoms with Gasteiger partial charge in [0, 0.05) is 16.4 Å². The number of aromatic nitrogens is 2. The van der Waals surface area contributed by atoms with Crippen molar-refractivity contribution in [1.29, 1.82) is 0 Å². The first kappa shape index (κ1) is 25.3. The number of hydrogen-bond acceptors (Lipinski definition) is 0. The summed E-state index contributed by atoms with van der Waals surface area (Å²) in [6.07, 6.45) is -5.26. The van der Waals surface area contributed by atoms with Crippen LogP contribution in [0.15, 0.2) is 66.7 Å². The molecule has 3 aromatic carbocycles. The minimum absolute atomic E-state index is 0.708. The summed E-state index contributed by atoms with van der Waals surface area (Å²) in [5.41, 5.74) is 7.58. The maximum absolute atomic E-state index is 14.4. The zero-order valence-electron chi connectivity index (χ0n) is 22.6. The lowest BCUT2D eigenvalue weighted by Gasteiger charge is -2.48. The number of fused-ring (bicyclic) bond motifs is 3. The van der Waals surface area contributed by atoms with E-state index in [4.69, 9.17) is 0 Å². The maximum Gasteiger partial charge on any atom is 0.390 e. The van der Waals surface area contributed by atoms with Crippen LogP contribution in [0.1, 0.15) is 55.1 Å². The SMILES string of the molecule is Cc1cc(C)cc(-c2c(-c3ccccc3)c3n([n+]2C)-c2c(C)cccc2C(C)(C)C3(C)CC(F)(F)F)c1. The number of halogens is 3. The van der Waals surface area contributed by atoms with E-state index in [-0.39, 0.29) is 0 Å². The zero-order valence-corrected chi connectivity index (χ0v) is 22.6. The molecular formula is C32H34F3N2+. The number of rotatable bonds is 3. The predicted octanol–water partition coefficient (Wildman–Crippen LogP) is 8.06. The molecule has 2 heterocycles. The van der Waals surface area contributed by atoms with Gasteiger partial charge in [-0.3, -0.25) is 0 Å². The van der Waals surface area contributed by atoms with E-state index >= 15 is 0 Å². The number of benzene rings is 3. The predicted molar refractivity (Wildman–Crippen MR) is 143 cm³/mol. The van der Waals surface area contributed by atoms with Crippen LogP contribution in [0.2, 0.25) is 0 Å². The van der Waals surface area contributed by atoms with Crippen molar-refractivity contribution in [3.63, 3.8) is 0 Å². The van der Waals surface area contributed by atoms with Crippen molar-refractivity contribution in [2.45, 2.75) is 65.0 Å². The molecule has 0 radical (unpaired) electrons. The summed E-state index contributed by atoms with van der Waals surface area (Å²) in [5.74, 6) is 0. The van der Waals surface area contributed by atoms with Crippen molar-refractivity contribution in [1.82, 2.24) is 4.68 Å². The molecule has 1 atom stereocenters. The third kappa shape index (κ3) is 3.82. The number of nitrogens with zero attached hydrogens (tertiary/aromatic N) is 2. The Morgan fingerprint density at radius 2 is 1.43 bits per heavy atom. The first-order valence-corrected chi connectivity index (χ1v) is 12.7. The lowest BCUT2D eigenvalue weighted by atomic mass is 9.56. The molecule has 0 amide bonds. The Bertz CT molecular complexity index is 1490. The highest BCUT2D eigenvalue weighted by atomic mass is 19.4. The number of hydrogen-bond donors (Lipinski definition) is 0. The summed E-state index contributed by atoms with van der Waals surface area (Å²) >= 11 is 0. The first-order chi connectivity index (χ1) is 17.3. The summed E-state index contributed by atoms with van der Waals surface area (Å²) in [7, 11) is 1.98. The normalized spacial score (nSPS) is 18.4. The van der Waals surface area contributed by atoms with Gasteiger partial charge in [0.2, 0.25) is 5.69 Å². The molecule has 37 heavy (non-hydrogen) atoms.